The minimum Gasteiger partial charge on any atom is -0.467 e. The van der Waals surface area contributed by atoms with Gasteiger partial charge in [-0.15, -0.1) is 0 Å². The topological polar surface area (TPSA) is 34.4 Å². The van der Waals surface area contributed by atoms with Gasteiger partial charge < -0.3 is 14.5 Å². The summed E-state index contributed by atoms with van der Waals surface area (Å²) in [6.45, 7) is 1.47. The van der Waals surface area contributed by atoms with E-state index in [2.05, 4.69) is 5.32 Å². The second kappa shape index (κ2) is 5.33. The van der Waals surface area contributed by atoms with Gasteiger partial charge in [0.2, 0.25) is 0 Å². The van der Waals surface area contributed by atoms with Gasteiger partial charge in [0.25, 0.3) is 0 Å². The molecule has 84 valence electrons. The molecule has 0 spiro atoms. The van der Waals surface area contributed by atoms with Crippen molar-refractivity contribution < 1.29 is 9.15 Å². The maximum absolute atomic E-state index is 5.81. The number of ether oxygens (including phenoxy) is 1. The number of hydrogen-bond donors (Lipinski definition) is 1. The summed E-state index contributed by atoms with van der Waals surface area (Å²) in [5, 5.41) is 3.12. The minimum atomic E-state index is 0.456. The summed E-state index contributed by atoms with van der Waals surface area (Å²) >= 11 is 0. The lowest BCUT2D eigenvalue weighted by Crippen LogP contribution is -2.10. The van der Waals surface area contributed by atoms with Crippen LogP contribution in [0.1, 0.15) is 37.0 Å². The molecular formula is C12H19NO2. The molecule has 3 heteroatoms. The Balaban J connectivity index is 1.83. The van der Waals surface area contributed by atoms with E-state index in [0.29, 0.717) is 12.7 Å². The molecule has 1 aliphatic carbocycles. The van der Waals surface area contributed by atoms with Crippen LogP contribution in [0.25, 0.3) is 0 Å². The third-order valence-corrected chi connectivity index (χ3v) is 2.96. The van der Waals surface area contributed by atoms with Crippen LogP contribution in [0.4, 0.5) is 0 Å². The van der Waals surface area contributed by atoms with Gasteiger partial charge in [-0.1, -0.05) is 12.8 Å². The fraction of sp³-hybridized carbons (Fsp3) is 0.667. The molecule has 0 aromatic carbocycles. The molecule has 0 bridgehead atoms. The first kappa shape index (κ1) is 10.7. The average molecular weight is 209 g/mol. The fourth-order valence-corrected chi connectivity index (χ4v) is 2.09. The van der Waals surface area contributed by atoms with Gasteiger partial charge in [0, 0.05) is 12.1 Å². The van der Waals surface area contributed by atoms with Crippen molar-refractivity contribution in [1.29, 1.82) is 0 Å². The van der Waals surface area contributed by atoms with E-state index < -0.39 is 0 Å². The van der Waals surface area contributed by atoms with Crippen molar-refractivity contribution >= 4 is 0 Å². The lowest BCUT2D eigenvalue weighted by Gasteiger charge is -2.10. The van der Waals surface area contributed by atoms with Crippen LogP contribution in [-0.4, -0.2) is 13.2 Å². The fourth-order valence-electron chi connectivity index (χ4n) is 2.09. The van der Waals surface area contributed by atoms with Crippen molar-refractivity contribution in [3.63, 3.8) is 0 Å². The van der Waals surface area contributed by atoms with E-state index >= 15 is 0 Å². The van der Waals surface area contributed by atoms with Crippen LogP contribution in [0.2, 0.25) is 0 Å². The van der Waals surface area contributed by atoms with E-state index in [1.807, 2.05) is 13.1 Å². The Morgan fingerprint density at radius 1 is 1.47 bits per heavy atom. The third kappa shape index (κ3) is 2.83. The van der Waals surface area contributed by atoms with Crippen molar-refractivity contribution in [2.24, 2.45) is 0 Å². The zero-order chi connectivity index (χ0) is 10.5. The zero-order valence-corrected chi connectivity index (χ0v) is 9.29. The smallest absolute Gasteiger partial charge is 0.133 e. The van der Waals surface area contributed by atoms with Crippen LogP contribution < -0.4 is 5.32 Å². The van der Waals surface area contributed by atoms with E-state index in [1.54, 1.807) is 6.26 Å². The molecule has 0 atom stereocenters. The summed E-state index contributed by atoms with van der Waals surface area (Å²) in [7, 11) is 1.94. The van der Waals surface area contributed by atoms with E-state index in [-0.39, 0.29) is 0 Å². The Hall–Kier alpha value is -0.800. The molecule has 0 amide bonds. The highest BCUT2D eigenvalue weighted by molar-refractivity contribution is 5.15. The molecule has 15 heavy (non-hydrogen) atoms. The maximum atomic E-state index is 5.81. The highest BCUT2D eigenvalue weighted by Crippen LogP contribution is 2.23. The minimum absolute atomic E-state index is 0.456. The molecule has 2 rings (SSSR count). The molecule has 1 saturated carbocycles. The van der Waals surface area contributed by atoms with E-state index in [1.165, 1.54) is 31.2 Å². The first-order chi connectivity index (χ1) is 7.40. The number of rotatable bonds is 5. The van der Waals surface area contributed by atoms with Gasteiger partial charge in [0.05, 0.1) is 12.4 Å². The van der Waals surface area contributed by atoms with Gasteiger partial charge in [-0.3, -0.25) is 0 Å². The summed E-state index contributed by atoms with van der Waals surface area (Å²) in [5.41, 5.74) is 1.20. The van der Waals surface area contributed by atoms with Gasteiger partial charge in [0.15, 0.2) is 0 Å². The maximum Gasteiger partial charge on any atom is 0.133 e. The molecule has 0 aliphatic heterocycles. The lowest BCUT2D eigenvalue weighted by molar-refractivity contribution is 0.0352. The summed E-state index contributed by atoms with van der Waals surface area (Å²) in [6.07, 6.45) is 7.24. The zero-order valence-electron chi connectivity index (χ0n) is 9.29. The lowest BCUT2D eigenvalue weighted by atomic mass is 10.2. The first-order valence-electron chi connectivity index (χ1n) is 5.71. The van der Waals surface area contributed by atoms with Crippen LogP contribution in [0.15, 0.2) is 16.7 Å². The molecule has 0 unspecified atom stereocenters. The van der Waals surface area contributed by atoms with Crippen molar-refractivity contribution in [3.8, 4) is 0 Å². The summed E-state index contributed by atoms with van der Waals surface area (Å²) in [4.78, 5) is 0. The monoisotopic (exact) mass is 209 g/mol. The SMILES string of the molecule is CNCc1ccoc1COC1CCCC1. The molecule has 1 fully saturated rings. The van der Waals surface area contributed by atoms with Gasteiger partial charge in [-0.05, 0) is 26.0 Å². The van der Waals surface area contributed by atoms with Crippen LogP contribution in [0.3, 0.4) is 0 Å². The predicted octanol–water partition coefficient (Wildman–Crippen LogP) is 2.46. The predicted molar refractivity (Wildman–Crippen MR) is 58.5 cm³/mol. The van der Waals surface area contributed by atoms with Crippen molar-refractivity contribution in [3.05, 3.63) is 23.7 Å². The van der Waals surface area contributed by atoms with E-state index in [4.69, 9.17) is 9.15 Å². The number of nitrogens with one attached hydrogen (secondary N) is 1. The van der Waals surface area contributed by atoms with Gasteiger partial charge in [-0.2, -0.15) is 0 Å². The molecule has 0 saturated heterocycles. The number of furan rings is 1. The van der Waals surface area contributed by atoms with Crippen LogP contribution >= 0.6 is 0 Å². The Morgan fingerprint density at radius 3 is 3.00 bits per heavy atom. The van der Waals surface area contributed by atoms with E-state index in [0.717, 1.165) is 12.3 Å². The van der Waals surface area contributed by atoms with Crippen LogP contribution in [0.5, 0.6) is 0 Å². The Morgan fingerprint density at radius 2 is 2.27 bits per heavy atom. The highest BCUT2D eigenvalue weighted by Gasteiger charge is 2.16. The molecule has 1 aliphatic rings. The average Bonchev–Trinajstić information content (AvgIpc) is 2.85. The molecule has 1 aromatic heterocycles. The van der Waals surface area contributed by atoms with Crippen LogP contribution in [0, 0.1) is 0 Å². The van der Waals surface area contributed by atoms with Gasteiger partial charge >= 0.3 is 0 Å². The summed E-state index contributed by atoms with van der Waals surface area (Å²) < 4.78 is 11.2. The molecular weight excluding hydrogens is 190 g/mol. The summed E-state index contributed by atoms with van der Waals surface area (Å²) in [5.74, 6) is 0.969. The van der Waals surface area contributed by atoms with Gasteiger partial charge in [-0.25, -0.2) is 0 Å². The largest absolute Gasteiger partial charge is 0.467 e. The number of hydrogen-bond acceptors (Lipinski definition) is 3. The quantitative estimate of drug-likeness (QED) is 0.809. The standard InChI is InChI=1S/C12H19NO2/c1-13-8-10-6-7-14-12(10)9-15-11-4-2-3-5-11/h6-7,11,13H,2-5,8-9H2,1H3. The Kier molecular flexibility index (Phi) is 3.80. The Labute approximate surface area is 90.8 Å². The molecule has 3 nitrogen and oxygen atoms in total. The Bertz CT molecular complexity index is 290. The first-order valence-corrected chi connectivity index (χ1v) is 5.71. The van der Waals surface area contributed by atoms with Crippen molar-refractivity contribution in [2.45, 2.75) is 44.9 Å². The van der Waals surface area contributed by atoms with Crippen LogP contribution in [-0.2, 0) is 17.9 Å². The highest BCUT2D eigenvalue weighted by atomic mass is 16.5. The van der Waals surface area contributed by atoms with Gasteiger partial charge in [0.1, 0.15) is 12.4 Å². The third-order valence-electron chi connectivity index (χ3n) is 2.96. The van der Waals surface area contributed by atoms with Crippen molar-refractivity contribution in [1.82, 2.24) is 5.32 Å². The van der Waals surface area contributed by atoms with Crippen molar-refractivity contribution in [2.75, 3.05) is 7.05 Å². The second-order valence-corrected chi connectivity index (χ2v) is 4.12. The molecule has 0 radical (unpaired) electrons. The second-order valence-electron chi connectivity index (χ2n) is 4.12. The molecule has 1 heterocycles. The normalized spacial score (nSPS) is 17.4. The molecule has 1 N–H and O–H groups in total. The molecule has 1 aromatic rings. The van der Waals surface area contributed by atoms with E-state index in [9.17, 15) is 0 Å². The summed E-state index contributed by atoms with van der Waals surface area (Å²) in [6, 6.07) is 2.00.